The number of carbonyl (C=O) groups excluding carboxylic acids is 1. The summed E-state index contributed by atoms with van der Waals surface area (Å²) in [6.45, 7) is 0.900. The number of hydrogen-bond acceptors (Lipinski definition) is 5. The smallest absolute Gasteiger partial charge is 0.259 e. The predicted molar refractivity (Wildman–Crippen MR) is 98.3 cm³/mol. The van der Waals surface area contributed by atoms with E-state index < -0.39 is 27.4 Å². The van der Waals surface area contributed by atoms with E-state index in [0.717, 1.165) is 6.07 Å². The maximum absolute atomic E-state index is 13.8. The lowest BCUT2D eigenvalue weighted by Gasteiger charge is -2.13. The first-order valence-electron chi connectivity index (χ1n) is 8.55. The van der Waals surface area contributed by atoms with Crippen molar-refractivity contribution in [3.63, 3.8) is 0 Å². The van der Waals surface area contributed by atoms with Gasteiger partial charge in [-0.15, -0.1) is 0 Å². The molecule has 0 spiro atoms. The van der Waals surface area contributed by atoms with Crippen LogP contribution in [0.15, 0.2) is 41.3 Å². The Balaban J connectivity index is 1.90. The molecule has 1 amide bonds. The van der Waals surface area contributed by atoms with Crippen LogP contribution in [0, 0.1) is 17.6 Å². The van der Waals surface area contributed by atoms with Crippen LogP contribution in [0.1, 0.15) is 16.8 Å². The van der Waals surface area contributed by atoms with Gasteiger partial charge in [0.15, 0.2) is 21.5 Å². The van der Waals surface area contributed by atoms with Crippen LogP contribution in [-0.2, 0) is 14.6 Å². The molecule has 1 N–H and O–H groups in total. The molecule has 1 atom stereocenters. The Kier molecular flexibility index (Phi) is 5.95. The van der Waals surface area contributed by atoms with E-state index in [-0.39, 0.29) is 33.6 Å². The van der Waals surface area contributed by atoms with Gasteiger partial charge in [-0.25, -0.2) is 17.2 Å². The summed E-state index contributed by atoms with van der Waals surface area (Å²) in [6.07, 6.45) is 0.654. The second-order valence-corrected chi connectivity index (χ2v) is 8.46. The van der Waals surface area contributed by atoms with Gasteiger partial charge >= 0.3 is 0 Å². The molecule has 28 heavy (non-hydrogen) atoms. The molecule has 0 bridgehead atoms. The SMILES string of the molecule is COc1ccc(S(=O)(=O)C[C@H]2CCOC2)cc1C(=O)Nc1cccc(F)c1F. The number of hydrogen-bond donors (Lipinski definition) is 1. The van der Waals surface area contributed by atoms with Gasteiger partial charge in [0.1, 0.15) is 5.75 Å². The fourth-order valence-electron chi connectivity index (χ4n) is 2.97. The topological polar surface area (TPSA) is 81.7 Å². The molecule has 1 aliphatic rings. The van der Waals surface area contributed by atoms with Crippen molar-refractivity contribution in [2.75, 3.05) is 31.4 Å². The maximum atomic E-state index is 13.8. The molecule has 150 valence electrons. The van der Waals surface area contributed by atoms with Crippen LogP contribution in [0.3, 0.4) is 0 Å². The zero-order valence-electron chi connectivity index (χ0n) is 15.1. The quantitative estimate of drug-likeness (QED) is 0.790. The van der Waals surface area contributed by atoms with E-state index >= 15 is 0 Å². The number of ether oxygens (including phenoxy) is 2. The highest BCUT2D eigenvalue weighted by molar-refractivity contribution is 7.91. The number of sulfone groups is 1. The van der Waals surface area contributed by atoms with Crippen LogP contribution in [0.2, 0.25) is 0 Å². The second-order valence-electron chi connectivity index (χ2n) is 6.43. The van der Waals surface area contributed by atoms with E-state index in [1.165, 1.54) is 37.4 Å². The highest BCUT2D eigenvalue weighted by Gasteiger charge is 2.26. The summed E-state index contributed by atoms with van der Waals surface area (Å²) < 4.78 is 62.9. The monoisotopic (exact) mass is 411 g/mol. The molecule has 1 aliphatic heterocycles. The van der Waals surface area contributed by atoms with Gasteiger partial charge in [-0.05, 0) is 42.7 Å². The fraction of sp³-hybridized carbons (Fsp3) is 0.316. The molecule has 0 aromatic heterocycles. The minimum atomic E-state index is -3.66. The van der Waals surface area contributed by atoms with Crippen molar-refractivity contribution in [1.29, 1.82) is 0 Å². The van der Waals surface area contributed by atoms with Gasteiger partial charge in [-0.3, -0.25) is 4.79 Å². The Morgan fingerprint density at radius 3 is 2.75 bits per heavy atom. The summed E-state index contributed by atoms with van der Waals surface area (Å²) in [6, 6.07) is 7.25. The minimum Gasteiger partial charge on any atom is -0.496 e. The summed E-state index contributed by atoms with van der Waals surface area (Å²) in [7, 11) is -2.34. The number of methoxy groups -OCH3 is 1. The summed E-state index contributed by atoms with van der Waals surface area (Å²) >= 11 is 0. The third-order valence-corrected chi connectivity index (χ3v) is 6.34. The average molecular weight is 411 g/mol. The van der Waals surface area contributed by atoms with Crippen LogP contribution in [0.4, 0.5) is 14.5 Å². The van der Waals surface area contributed by atoms with Gasteiger partial charge in [-0.2, -0.15) is 0 Å². The van der Waals surface area contributed by atoms with Gasteiger partial charge in [0, 0.05) is 6.61 Å². The van der Waals surface area contributed by atoms with Gasteiger partial charge in [0.25, 0.3) is 5.91 Å². The molecule has 9 heteroatoms. The molecule has 2 aromatic rings. The number of carbonyl (C=O) groups is 1. The summed E-state index contributed by atoms with van der Waals surface area (Å²) in [5, 5.41) is 2.25. The molecule has 3 rings (SSSR count). The van der Waals surface area contributed by atoms with E-state index in [0.29, 0.717) is 19.6 Å². The average Bonchev–Trinajstić information content (AvgIpc) is 3.17. The zero-order valence-corrected chi connectivity index (χ0v) is 15.9. The molecule has 2 aromatic carbocycles. The van der Waals surface area contributed by atoms with Gasteiger partial charge < -0.3 is 14.8 Å². The zero-order chi connectivity index (χ0) is 20.3. The van der Waals surface area contributed by atoms with Crippen LogP contribution in [0.5, 0.6) is 5.75 Å². The van der Waals surface area contributed by atoms with Gasteiger partial charge in [-0.1, -0.05) is 6.07 Å². The summed E-state index contributed by atoms with van der Waals surface area (Å²) in [5.41, 5.74) is -0.460. The molecule has 0 aliphatic carbocycles. The molecule has 0 unspecified atom stereocenters. The third kappa shape index (κ3) is 4.31. The Hall–Kier alpha value is -2.52. The van der Waals surface area contributed by atoms with Gasteiger partial charge in [0.2, 0.25) is 0 Å². The maximum Gasteiger partial charge on any atom is 0.259 e. The lowest BCUT2D eigenvalue weighted by molar-refractivity contribution is 0.102. The van der Waals surface area contributed by atoms with Crippen molar-refractivity contribution in [3.05, 3.63) is 53.6 Å². The Bertz CT molecular complexity index is 988. The minimum absolute atomic E-state index is 0.0509. The van der Waals surface area contributed by atoms with Crippen molar-refractivity contribution in [1.82, 2.24) is 0 Å². The normalized spacial score (nSPS) is 16.8. The number of halogens is 2. The molecule has 0 saturated carbocycles. The molecule has 1 saturated heterocycles. The Morgan fingerprint density at radius 2 is 2.07 bits per heavy atom. The van der Waals surface area contributed by atoms with Crippen LogP contribution in [-0.4, -0.2) is 40.4 Å². The number of rotatable bonds is 6. The number of nitrogens with one attached hydrogen (secondary N) is 1. The lowest BCUT2D eigenvalue weighted by atomic mass is 10.1. The third-order valence-electron chi connectivity index (χ3n) is 4.45. The predicted octanol–water partition coefficient (Wildman–Crippen LogP) is 3.04. The molecular weight excluding hydrogens is 392 g/mol. The standard InChI is InChI=1S/C19H19F2NO5S/c1-26-17-6-5-13(28(24,25)11-12-7-8-27-10-12)9-14(17)19(23)22-16-4-2-3-15(20)18(16)21/h2-6,9,12H,7-8,10-11H2,1H3,(H,22,23)/t12-/m0/s1. The number of anilines is 1. The van der Waals surface area contributed by atoms with Crippen LogP contribution >= 0.6 is 0 Å². The van der Waals surface area contributed by atoms with E-state index in [4.69, 9.17) is 9.47 Å². The van der Waals surface area contributed by atoms with Crippen molar-refractivity contribution in [2.24, 2.45) is 5.92 Å². The second kappa shape index (κ2) is 8.24. The summed E-state index contributed by atoms with van der Waals surface area (Å²) in [5.74, 6) is -3.23. The molecule has 1 fully saturated rings. The first-order chi connectivity index (χ1) is 13.3. The van der Waals surface area contributed by atoms with Crippen molar-refractivity contribution in [3.8, 4) is 5.75 Å². The van der Waals surface area contributed by atoms with Crippen LogP contribution in [0.25, 0.3) is 0 Å². The number of benzene rings is 2. The van der Waals surface area contributed by atoms with E-state index in [2.05, 4.69) is 5.32 Å². The first kappa shape index (κ1) is 20.2. The van der Waals surface area contributed by atoms with E-state index in [1.807, 2.05) is 0 Å². The summed E-state index contributed by atoms with van der Waals surface area (Å²) in [4.78, 5) is 12.5. The Labute approximate surface area is 161 Å². The van der Waals surface area contributed by atoms with Crippen molar-refractivity contribution in [2.45, 2.75) is 11.3 Å². The molecule has 1 heterocycles. The highest BCUT2D eigenvalue weighted by atomic mass is 32.2. The Morgan fingerprint density at radius 1 is 1.29 bits per heavy atom. The molecule has 6 nitrogen and oxygen atoms in total. The van der Waals surface area contributed by atoms with Crippen molar-refractivity contribution < 1.29 is 31.5 Å². The fourth-order valence-corrected chi connectivity index (χ4v) is 4.62. The largest absolute Gasteiger partial charge is 0.496 e. The molecule has 0 radical (unpaired) electrons. The molecular formula is C19H19F2NO5S. The van der Waals surface area contributed by atoms with E-state index in [9.17, 15) is 22.0 Å². The van der Waals surface area contributed by atoms with E-state index in [1.54, 1.807) is 0 Å². The van der Waals surface area contributed by atoms with Crippen molar-refractivity contribution >= 4 is 21.4 Å². The number of amides is 1. The highest BCUT2D eigenvalue weighted by Crippen LogP contribution is 2.27. The van der Waals surface area contributed by atoms with Gasteiger partial charge in [0.05, 0.1) is 35.6 Å². The van der Waals surface area contributed by atoms with Crippen LogP contribution < -0.4 is 10.1 Å². The first-order valence-corrected chi connectivity index (χ1v) is 10.2. The lowest BCUT2D eigenvalue weighted by Crippen LogP contribution is -2.18.